The molecule has 0 unspecified atom stereocenters. The minimum Gasteiger partial charge on any atom is -0.444 e. The molecular weight excluding hydrogens is 245 g/mol. The normalized spacial score (nSPS) is 11.9. The molecule has 1 amide bonds. The van der Waals surface area contributed by atoms with E-state index in [1.54, 1.807) is 32.9 Å². The van der Waals surface area contributed by atoms with Crippen LogP contribution in [-0.4, -0.2) is 30.2 Å². The van der Waals surface area contributed by atoms with Crippen LogP contribution in [0.5, 0.6) is 0 Å². The number of halogens is 1. The van der Waals surface area contributed by atoms with E-state index in [-0.39, 0.29) is 12.8 Å². The standard InChI is InChI=1S/C15H22FNO2/c1-15(2,3)19-14(18)17(4)11-5-6-12-7-9-13(16)10-8-12/h7-10H,5-6,11H2,1-4H3/i4D. The Morgan fingerprint density at radius 3 is 2.53 bits per heavy atom. The number of nitrogens with zero attached hydrogens (tertiary/aromatic N) is 1. The Labute approximate surface area is 115 Å². The van der Waals surface area contributed by atoms with Crippen molar-refractivity contribution in [1.82, 2.24) is 4.90 Å². The van der Waals surface area contributed by atoms with Crippen LogP contribution in [-0.2, 0) is 11.2 Å². The summed E-state index contributed by atoms with van der Waals surface area (Å²) in [5, 5.41) is 0. The predicted octanol–water partition coefficient (Wildman–Crippen LogP) is 3.63. The molecule has 19 heavy (non-hydrogen) atoms. The summed E-state index contributed by atoms with van der Waals surface area (Å²) >= 11 is 0. The highest BCUT2D eigenvalue weighted by Gasteiger charge is 2.18. The van der Waals surface area contributed by atoms with Gasteiger partial charge in [-0.1, -0.05) is 12.1 Å². The molecule has 0 saturated carbocycles. The van der Waals surface area contributed by atoms with Gasteiger partial charge < -0.3 is 9.64 Å². The van der Waals surface area contributed by atoms with E-state index >= 15 is 0 Å². The third-order valence-electron chi connectivity index (χ3n) is 2.46. The summed E-state index contributed by atoms with van der Waals surface area (Å²) in [5.74, 6) is -0.254. The highest BCUT2D eigenvalue weighted by Crippen LogP contribution is 2.10. The molecule has 0 aliphatic carbocycles. The molecule has 0 spiro atoms. The second-order valence-electron chi connectivity index (χ2n) is 5.47. The fourth-order valence-corrected chi connectivity index (χ4v) is 1.54. The van der Waals surface area contributed by atoms with Crippen LogP contribution in [0.15, 0.2) is 24.3 Å². The molecular formula is C15H22FNO2. The second-order valence-corrected chi connectivity index (χ2v) is 5.47. The van der Waals surface area contributed by atoms with Gasteiger partial charge in [-0.15, -0.1) is 0 Å². The van der Waals surface area contributed by atoms with Gasteiger partial charge >= 0.3 is 6.09 Å². The summed E-state index contributed by atoms with van der Waals surface area (Å²) in [5.41, 5.74) is 0.460. The molecule has 0 aliphatic heterocycles. The largest absolute Gasteiger partial charge is 0.444 e. The third kappa shape index (κ3) is 6.22. The van der Waals surface area contributed by atoms with Gasteiger partial charge in [0.2, 0.25) is 0 Å². The minimum atomic E-state index is -0.554. The molecule has 0 atom stereocenters. The van der Waals surface area contributed by atoms with Crippen molar-refractivity contribution in [3.63, 3.8) is 0 Å². The molecule has 1 rings (SSSR count). The van der Waals surface area contributed by atoms with Crippen molar-refractivity contribution in [3.8, 4) is 0 Å². The number of aryl methyl sites for hydroxylation is 1. The monoisotopic (exact) mass is 268 g/mol. The number of rotatable bonds is 4. The van der Waals surface area contributed by atoms with E-state index in [1.807, 2.05) is 0 Å². The van der Waals surface area contributed by atoms with E-state index in [9.17, 15) is 9.18 Å². The van der Waals surface area contributed by atoms with E-state index in [1.165, 1.54) is 17.0 Å². The van der Waals surface area contributed by atoms with E-state index in [4.69, 9.17) is 6.11 Å². The number of benzene rings is 1. The molecule has 1 aromatic rings. The maximum absolute atomic E-state index is 12.8. The molecule has 0 bridgehead atoms. The Morgan fingerprint density at radius 2 is 2.00 bits per heavy atom. The van der Waals surface area contributed by atoms with Gasteiger partial charge in [-0.05, 0) is 51.3 Å². The lowest BCUT2D eigenvalue weighted by Crippen LogP contribution is -2.34. The number of carbonyl (C=O) groups is 1. The Balaban J connectivity index is 2.41. The van der Waals surface area contributed by atoms with Crippen LogP contribution in [0.4, 0.5) is 9.18 Å². The van der Waals surface area contributed by atoms with Gasteiger partial charge in [0.25, 0.3) is 0 Å². The summed E-state index contributed by atoms with van der Waals surface area (Å²) < 4.78 is 25.4. The predicted molar refractivity (Wildman–Crippen MR) is 73.6 cm³/mol. The zero-order chi connectivity index (χ0) is 15.2. The van der Waals surface area contributed by atoms with Gasteiger partial charge in [-0.25, -0.2) is 9.18 Å². The van der Waals surface area contributed by atoms with Gasteiger partial charge in [-0.3, -0.25) is 0 Å². The highest BCUT2D eigenvalue weighted by atomic mass is 19.1. The maximum Gasteiger partial charge on any atom is 0.410 e. The summed E-state index contributed by atoms with van der Waals surface area (Å²) in [7, 11) is -0.127. The first kappa shape index (κ1) is 13.8. The Bertz CT molecular complexity index is 428. The smallest absolute Gasteiger partial charge is 0.410 e. The number of hydrogen-bond donors (Lipinski definition) is 0. The Morgan fingerprint density at radius 1 is 1.37 bits per heavy atom. The van der Waals surface area contributed by atoms with Gasteiger partial charge in [0.05, 0.1) is 0 Å². The van der Waals surface area contributed by atoms with Crippen molar-refractivity contribution in [3.05, 3.63) is 35.6 Å². The van der Waals surface area contributed by atoms with Crippen LogP contribution in [0.2, 0.25) is 0 Å². The molecule has 3 nitrogen and oxygen atoms in total. The lowest BCUT2D eigenvalue weighted by atomic mass is 10.1. The fraction of sp³-hybridized carbons (Fsp3) is 0.533. The second kappa shape index (κ2) is 6.55. The zero-order valence-corrected chi connectivity index (χ0v) is 11.8. The lowest BCUT2D eigenvalue weighted by Gasteiger charge is -2.24. The van der Waals surface area contributed by atoms with Crippen molar-refractivity contribution < 1.29 is 15.3 Å². The Hall–Kier alpha value is -1.58. The van der Waals surface area contributed by atoms with Crippen LogP contribution in [0.3, 0.4) is 0 Å². The van der Waals surface area contributed by atoms with Crippen molar-refractivity contribution in [2.45, 2.75) is 39.2 Å². The van der Waals surface area contributed by atoms with Crippen LogP contribution in [0.25, 0.3) is 0 Å². The van der Waals surface area contributed by atoms with Crippen molar-refractivity contribution in [1.29, 1.82) is 0 Å². The van der Waals surface area contributed by atoms with Gasteiger partial charge in [0, 0.05) is 14.9 Å². The topological polar surface area (TPSA) is 29.5 Å². The van der Waals surface area contributed by atoms with Gasteiger partial charge in [0.1, 0.15) is 11.4 Å². The lowest BCUT2D eigenvalue weighted by molar-refractivity contribution is 0.0297. The maximum atomic E-state index is 12.8. The molecule has 0 heterocycles. The van der Waals surface area contributed by atoms with Crippen LogP contribution in [0, 0.1) is 5.82 Å². The minimum absolute atomic E-state index is 0.127. The van der Waals surface area contributed by atoms with E-state index in [0.29, 0.717) is 13.0 Å². The number of carbonyl (C=O) groups excluding carboxylic acids is 1. The first-order valence-electron chi connectivity index (χ1n) is 7.04. The van der Waals surface area contributed by atoms with E-state index < -0.39 is 11.7 Å². The molecule has 4 heteroatoms. The Kier molecular flexibility index (Phi) is 4.77. The van der Waals surface area contributed by atoms with Crippen LogP contribution < -0.4 is 0 Å². The first-order valence-corrected chi connectivity index (χ1v) is 6.33. The molecule has 0 aromatic heterocycles. The molecule has 0 aliphatic rings. The summed E-state index contributed by atoms with van der Waals surface area (Å²) in [4.78, 5) is 13.2. The number of ether oxygens (including phenoxy) is 1. The zero-order valence-electron chi connectivity index (χ0n) is 12.8. The quantitative estimate of drug-likeness (QED) is 0.834. The van der Waals surface area contributed by atoms with Crippen LogP contribution in [0.1, 0.15) is 34.1 Å². The third-order valence-corrected chi connectivity index (χ3v) is 2.46. The van der Waals surface area contributed by atoms with Crippen molar-refractivity contribution in [2.75, 3.05) is 13.6 Å². The molecule has 0 fully saturated rings. The number of amides is 1. The van der Waals surface area contributed by atoms with Gasteiger partial charge in [0.15, 0.2) is 0 Å². The molecule has 1 aromatic carbocycles. The first-order chi connectivity index (χ1) is 9.31. The summed E-state index contributed by atoms with van der Waals surface area (Å²) in [6.45, 7) is 5.85. The average molecular weight is 268 g/mol. The SMILES string of the molecule is [2H]CN(CCCc1ccc(F)cc1)C(=O)OC(C)(C)C. The van der Waals surface area contributed by atoms with Crippen molar-refractivity contribution >= 4 is 6.09 Å². The van der Waals surface area contributed by atoms with Crippen molar-refractivity contribution in [2.24, 2.45) is 0 Å². The molecule has 106 valence electrons. The summed E-state index contributed by atoms with van der Waals surface area (Å²) in [6, 6.07) is 6.30. The van der Waals surface area contributed by atoms with Crippen LogP contribution >= 0.6 is 0 Å². The summed E-state index contributed by atoms with van der Waals surface area (Å²) in [6.07, 6.45) is 0.982. The van der Waals surface area contributed by atoms with Gasteiger partial charge in [-0.2, -0.15) is 0 Å². The molecule has 0 N–H and O–H groups in total. The fourth-order valence-electron chi connectivity index (χ4n) is 1.54. The number of hydrogen-bond acceptors (Lipinski definition) is 2. The molecule has 0 radical (unpaired) electrons. The molecule has 0 saturated heterocycles. The van der Waals surface area contributed by atoms with E-state index in [0.717, 1.165) is 12.0 Å². The van der Waals surface area contributed by atoms with E-state index in [2.05, 4.69) is 0 Å². The average Bonchev–Trinajstić information content (AvgIpc) is 2.34. The highest BCUT2D eigenvalue weighted by molar-refractivity contribution is 5.67.